The fourth-order valence-corrected chi connectivity index (χ4v) is 2.83. The van der Waals surface area contributed by atoms with E-state index in [1.807, 2.05) is 0 Å². The maximum atomic E-state index is 9.62. The molecule has 0 fully saturated rings. The number of hydrogen-bond acceptors (Lipinski definition) is 3. The molecule has 0 rings (SSSR count). The molecule has 0 spiro atoms. The van der Waals surface area contributed by atoms with Crippen molar-refractivity contribution in [1.29, 1.82) is 0 Å². The summed E-state index contributed by atoms with van der Waals surface area (Å²) < 4.78 is 0. The lowest BCUT2D eigenvalue weighted by Gasteiger charge is -2.15. The summed E-state index contributed by atoms with van der Waals surface area (Å²) in [5.74, 6) is 0.862. The van der Waals surface area contributed by atoms with Gasteiger partial charge in [-0.05, 0) is 12.3 Å². The molecule has 22 heavy (non-hydrogen) atoms. The van der Waals surface area contributed by atoms with Crippen LogP contribution in [-0.2, 0) is 0 Å². The molecule has 0 bridgehead atoms. The largest absolute Gasteiger partial charge is 0.395 e. The number of aliphatic hydroxyl groups excluding tert-OH is 2. The van der Waals surface area contributed by atoms with Crippen molar-refractivity contribution in [2.75, 3.05) is 6.61 Å². The van der Waals surface area contributed by atoms with Gasteiger partial charge in [0.1, 0.15) is 0 Å². The summed E-state index contributed by atoms with van der Waals surface area (Å²) in [6.45, 7) is 4.49. The van der Waals surface area contributed by atoms with Crippen LogP contribution in [0.5, 0.6) is 0 Å². The van der Waals surface area contributed by atoms with Crippen molar-refractivity contribution in [3.63, 3.8) is 0 Å². The van der Waals surface area contributed by atoms with E-state index in [0.29, 0.717) is 0 Å². The average Bonchev–Trinajstić information content (AvgIpc) is 2.50. The third-order valence-corrected chi connectivity index (χ3v) is 4.49. The van der Waals surface area contributed by atoms with Crippen LogP contribution in [0, 0.1) is 5.92 Å². The van der Waals surface area contributed by atoms with E-state index in [2.05, 4.69) is 13.8 Å². The first kappa shape index (κ1) is 21.9. The summed E-state index contributed by atoms with van der Waals surface area (Å²) in [6.07, 6.45) is 16.1. The molecule has 0 saturated carbocycles. The highest BCUT2D eigenvalue weighted by molar-refractivity contribution is 4.70. The Balaban J connectivity index is 3.11. The van der Waals surface area contributed by atoms with Gasteiger partial charge in [-0.15, -0.1) is 0 Å². The normalized spacial score (nSPS) is 14.5. The van der Waals surface area contributed by atoms with E-state index < -0.39 is 12.1 Å². The minimum Gasteiger partial charge on any atom is -0.395 e. The standard InChI is InChI=1S/C19H41NO2/c1-17(2)14-12-10-8-6-4-3-5-7-9-11-13-15-19(22)18(20)16-21/h17-19,21-22H,3-16,20H2,1-2H3/t18-,19+/m0/s1. The smallest absolute Gasteiger partial charge is 0.0713 e. The fourth-order valence-electron chi connectivity index (χ4n) is 2.83. The zero-order chi connectivity index (χ0) is 16.6. The number of aliphatic hydroxyl groups is 2. The van der Waals surface area contributed by atoms with Crippen molar-refractivity contribution in [3.05, 3.63) is 0 Å². The molecule has 4 N–H and O–H groups in total. The lowest BCUT2D eigenvalue weighted by molar-refractivity contribution is 0.0990. The van der Waals surface area contributed by atoms with E-state index in [9.17, 15) is 5.11 Å². The van der Waals surface area contributed by atoms with Crippen LogP contribution in [0.4, 0.5) is 0 Å². The van der Waals surface area contributed by atoms with Crippen molar-refractivity contribution in [2.45, 2.75) is 109 Å². The Hall–Kier alpha value is -0.120. The average molecular weight is 316 g/mol. The monoisotopic (exact) mass is 315 g/mol. The van der Waals surface area contributed by atoms with Crippen LogP contribution in [0.15, 0.2) is 0 Å². The zero-order valence-electron chi connectivity index (χ0n) is 15.1. The van der Waals surface area contributed by atoms with Gasteiger partial charge in [-0.1, -0.05) is 90.9 Å². The minimum absolute atomic E-state index is 0.126. The van der Waals surface area contributed by atoms with Gasteiger partial charge in [0.2, 0.25) is 0 Å². The van der Waals surface area contributed by atoms with Gasteiger partial charge in [-0.2, -0.15) is 0 Å². The highest BCUT2D eigenvalue weighted by Crippen LogP contribution is 2.14. The van der Waals surface area contributed by atoms with E-state index >= 15 is 0 Å². The summed E-state index contributed by atoms with van der Waals surface area (Å²) >= 11 is 0. The summed E-state index contributed by atoms with van der Waals surface area (Å²) in [5.41, 5.74) is 5.57. The van der Waals surface area contributed by atoms with Gasteiger partial charge >= 0.3 is 0 Å². The van der Waals surface area contributed by atoms with E-state index in [-0.39, 0.29) is 6.61 Å². The van der Waals surface area contributed by atoms with Crippen LogP contribution in [-0.4, -0.2) is 29.0 Å². The highest BCUT2D eigenvalue weighted by atomic mass is 16.3. The molecule has 134 valence electrons. The molecule has 0 aromatic rings. The molecule has 0 heterocycles. The lowest BCUT2D eigenvalue weighted by atomic mass is 10.0. The molecule has 2 atom stereocenters. The van der Waals surface area contributed by atoms with Gasteiger partial charge in [-0.3, -0.25) is 0 Å². The molecule has 0 aliphatic heterocycles. The Kier molecular flexibility index (Phi) is 15.7. The van der Waals surface area contributed by atoms with E-state index in [0.717, 1.165) is 18.8 Å². The summed E-state index contributed by atoms with van der Waals surface area (Å²) in [6, 6.07) is -0.472. The number of unbranched alkanes of at least 4 members (excludes halogenated alkanes) is 10. The van der Waals surface area contributed by atoms with Gasteiger partial charge in [0.05, 0.1) is 18.8 Å². The van der Waals surface area contributed by atoms with Gasteiger partial charge in [0.25, 0.3) is 0 Å². The summed E-state index contributed by atoms with van der Waals surface area (Å²) in [4.78, 5) is 0. The van der Waals surface area contributed by atoms with Crippen LogP contribution in [0.3, 0.4) is 0 Å². The van der Waals surface area contributed by atoms with Crippen molar-refractivity contribution >= 4 is 0 Å². The second-order valence-electron chi connectivity index (χ2n) is 7.27. The van der Waals surface area contributed by atoms with Crippen LogP contribution >= 0.6 is 0 Å². The zero-order valence-corrected chi connectivity index (χ0v) is 15.1. The predicted molar refractivity (Wildman–Crippen MR) is 95.9 cm³/mol. The van der Waals surface area contributed by atoms with Crippen molar-refractivity contribution in [1.82, 2.24) is 0 Å². The topological polar surface area (TPSA) is 66.5 Å². The molecule has 0 saturated heterocycles. The van der Waals surface area contributed by atoms with Crippen molar-refractivity contribution < 1.29 is 10.2 Å². The van der Waals surface area contributed by atoms with Crippen molar-refractivity contribution in [2.24, 2.45) is 11.7 Å². The molecule has 0 aliphatic carbocycles. The Morgan fingerprint density at radius 3 is 1.41 bits per heavy atom. The summed E-state index contributed by atoms with van der Waals surface area (Å²) in [5, 5.41) is 18.5. The maximum Gasteiger partial charge on any atom is 0.0713 e. The molecule has 0 amide bonds. The lowest BCUT2D eigenvalue weighted by Crippen LogP contribution is -2.37. The SMILES string of the molecule is CC(C)CCCCCCCCCCCCC[C@@H](O)[C@@H](N)CO. The Morgan fingerprint density at radius 2 is 1.05 bits per heavy atom. The van der Waals surface area contributed by atoms with Gasteiger partial charge in [0, 0.05) is 0 Å². The van der Waals surface area contributed by atoms with Gasteiger partial charge in [0.15, 0.2) is 0 Å². The third kappa shape index (κ3) is 14.8. The molecule has 0 aromatic carbocycles. The van der Waals surface area contributed by atoms with Gasteiger partial charge in [-0.25, -0.2) is 0 Å². The number of hydrogen-bond donors (Lipinski definition) is 3. The molecule has 0 unspecified atom stereocenters. The Labute approximate surface area is 138 Å². The molecular weight excluding hydrogens is 274 g/mol. The fraction of sp³-hybridized carbons (Fsp3) is 1.00. The molecule has 3 nitrogen and oxygen atoms in total. The Bertz CT molecular complexity index is 221. The van der Waals surface area contributed by atoms with Crippen LogP contribution in [0.25, 0.3) is 0 Å². The first-order chi connectivity index (χ1) is 10.6. The highest BCUT2D eigenvalue weighted by Gasteiger charge is 2.12. The van der Waals surface area contributed by atoms with Crippen LogP contribution < -0.4 is 5.73 Å². The molecule has 0 aromatic heterocycles. The van der Waals surface area contributed by atoms with Gasteiger partial charge < -0.3 is 15.9 Å². The molecule has 0 aliphatic rings. The third-order valence-electron chi connectivity index (χ3n) is 4.49. The molecular formula is C19H41NO2. The van der Waals surface area contributed by atoms with Crippen molar-refractivity contribution in [3.8, 4) is 0 Å². The Morgan fingerprint density at radius 1 is 0.682 bits per heavy atom. The molecule has 3 heteroatoms. The second-order valence-corrected chi connectivity index (χ2v) is 7.27. The van der Waals surface area contributed by atoms with E-state index in [4.69, 9.17) is 10.8 Å². The first-order valence-corrected chi connectivity index (χ1v) is 9.62. The predicted octanol–water partition coefficient (Wildman–Crippen LogP) is 4.39. The second kappa shape index (κ2) is 15.8. The first-order valence-electron chi connectivity index (χ1n) is 9.62. The number of nitrogens with two attached hydrogens (primary N) is 1. The maximum absolute atomic E-state index is 9.62. The quantitative estimate of drug-likeness (QED) is 0.370. The van der Waals surface area contributed by atoms with Crippen LogP contribution in [0.1, 0.15) is 97.3 Å². The molecule has 0 radical (unpaired) electrons. The minimum atomic E-state index is -0.541. The van der Waals surface area contributed by atoms with E-state index in [1.165, 1.54) is 70.6 Å². The summed E-state index contributed by atoms with van der Waals surface area (Å²) in [7, 11) is 0. The number of rotatable bonds is 16. The van der Waals surface area contributed by atoms with Crippen LogP contribution in [0.2, 0.25) is 0 Å². The van der Waals surface area contributed by atoms with E-state index in [1.54, 1.807) is 0 Å².